The van der Waals surface area contributed by atoms with Gasteiger partial charge in [-0.2, -0.15) is 0 Å². The average molecular weight is 273 g/mol. The van der Waals surface area contributed by atoms with E-state index in [-0.39, 0.29) is 17.9 Å². The second kappa shape index (κ2) is 5.94. The van der Waals surface area contributed by atoms with Crippen LogP contribution in [0, 0.1) is 0 Å². The normalized spacial score (nSPS) is 13.2. The molecule has 0 aliphatic heterocycles. The first-order valence-corrected chi connectivity index (χ1v) is 6.93. The molecule has 100 valence electrons. The van der Waals surface area contributed by atoms with Crippen molar-refractivity contribution in [2.45, 2.75) is 18.8 Å². The number of aliphatic hydroxyl groups excluding tert-OH is 1. The van der Waals surface area contributed by atoms with Crippen LogP contribution in [0.4, 0.5) is 0 Å². The minimum Gasteiger partial charge on any atom is -0.478 e. The van der Waals surface area contributed by atoms with Gasteiger partial charge in [-0.15, -0.1) is 0 Å². The van der Waals surface area contributed by atoms with Crippen molar-refractivity contribution in [2.75, 3.05) is 6.54 Å². The molecule has 6 nitrogen and oxygen atoms in total. The van der Waals surface area contributed by atoms with Crippen LogP contribution in [0.5, 0.6) is 0 Å². The minimum absolute atomic E-state index is 0.0461. The summed E-state index contributed by atoms with van der Waals surface area (Å²) in [6, 6.07) is 5.60. The number of carboxylic acid groups (broad SMARTS) is 1. The Hall–Kier alpha value is -1.44. The van der Waals surface area contributed by atoms with Gasteiger partial charge in [-0.1, -0.05) is 12.1 Å². The molecule has 1 aromatic carbocycles. The van der Waals surface area contributed by atoms with Crippen LogP contribution in [0.2, 0.25) is 0 Å². The third-order valence-electron chi connectivity index (χ3n) is 2.16. The standard InChI is InChI=1S/C11H15NO5S/c1-8(13)6-12-18(16,17)7-9-2-4-10(5-3-9)11(14)15/h2-5,8,12-13H,6-7H2,1H3,(H,14,15). The van der Waals surface area contributed by atoms with E-state index < -0.39 is 22.1 Å². The Balaban J connectivity index is 2.69. The van der Waals surface area contributed by atoms with E-state index in [0.29, 0.717) is 5.56 Å². The summed E-state index contributed by atoms with van der Waals surface area (Å²) in [5.41, 5.74) is 0.589. The molecule has 1 unspecified atom stereocenters. The van der Waals surface area contributed by atoms with Gasteiger partial charge < -0.3 is 10.2 Å². The number of sulfonamides is 1. The molecule has 0 amide bonds. The van der Waals surface area contributed by atoms with Crippen molar-refractivity contribution in [1.29, 1.82) is 0 Å². The summed E-state index contributed by atoms with van der Waals surface area (Å²) in [5.74, 6) is -1.31. The van der Waals surface area contributed by atoms with Crippen molar-refractivity contribution in [1.82, 2.24) is 4.72 Å². The second-order valence-corrected chi connectivity index (χ2v) is 5.77. The number of hydrogen-bond donors (Lipinski definition) is 3. The van der Waals surface area contributed by atoms with Crippen molar-refractivity contribution in [3.63, 3.8) is 0 Å². The zero-order chi connectivity index (χ0) is 13.8. The molecule has 0 aliphatic carbocycles. The first-order chi connectivity index (χ1) is 8.30. The molecule has 0 radical (unpaired) electrons. The van der Waals surface area contributed by atoms with Gasteiger partial charge in [-0.05, 0) is 24.6 Å². The highest BCUT2D eigenvalue weighted by atomic mass is 32.2. The quantitative estimate of drug-likeness (QED) is 0.686. The van der Waals surface area contributed by atoms with E-state index in [0.717, 1.165) is 0 Å². The smallest absolute Gasteiger partial charge is 0.335 e. The van der Waals surface area contributed by atoms with E-state index in [1.165, 1.54) is 31.2 Å². The van der Waals surface area contributed by atoms with Crippen molar-refractivity contribution in [2.24, 2.45) is 0 Å². The molecular weight excluding hydrogens is 258 g/mol. The van der Waals surface area contributed by atoms with E-state index in [1.54, 1.807) is 0 Å². The molecule has 0 aromatic heterocycles. The summed E-state index contributed by atoms with van der Waals surface area (Å²) in [6.07, 6.45) is -0.755. The lowest BCUT2D eigenvalue weighted by Gasteiger charge is -2.08. The Bertz CT molecular complexity index is 507. The number of carboxylic acids is 1. The van der Waals surface area contributed by atoms with Gasteiger partial charge in [-0.25, -0.2) is 17.9 Å². The molecule has 0 fully saturated rings. The van der Waals surface area contributed by atoms with E-state index in [4.69, 9.17) is 10.2 Å². The fourth-order valence-corrected chi connectivity index (χ4v) is 2.49. The highest BCUT2D eigenvalue weighted by Crippen LogP contribution is 2.07. The monoisotopic (exact) mass is 273 g/mol. The van der Waals surface area contributed by atoms with E-state index in [2.05, 4.69) is 4.72 Å². The van der Waals surface area contributed by atoms with Gasteiger partial charge >= 0.3 is 5.97 Å². The summed E-state index contributed by atoms with van der Waals surface area (Å²) in [7, 11) is -3.52. The molecule has 0 saturated carbocycles. The molecule has 7 heteroatoms. The van der Waals surface area contributed by atoms with Crippen LogP contribution < -0.4 is 4.72 Å². The van der Waals surface area contributed by atoms with Gasteiger partial charge in [0.2, 0.25) is 10.0 Å². The Kier molecular flexibility index (Phi) is 4.83. The maximum atomic E-state index is 11.6. The fourth-order valence-electron chi connectivity index (χ4n) is 1.26. The highest BCUT2D eigenvalue weighted by Gasteiger charge is 2.12. The lowest BCUT2D eigenvalue weighted by molar-refractivity contribution is 0.0697. The van der Waals surface area contributed by atoms with E-state index in [9.17, 15) is 13.2 Å². The maximum Gasteiger partial charge on any atom is 0.335 e. The van der Waals surface area contributed by atoms with Gasteiger partial charge in [0.15, 0.2) is 0 Å². The Morgan fingerprint density at radius 1 is 1.33 bits per heavy atom. The lowest BCUT2D eigenvalue weighted by Crippen LogP contribution is -2.31. The van der Waals surface area contributed by atoms with Crippen LogP contribution in [0.25, 0.3) is 0 Å². The topological polar surface area (TPSA) is 104 Å². The zero-order valence-electron chi connectivity index (χ0n) is 9.83. The molecule has 0 spiro atoms. The van der Waals surface area contributed by atoms with E-state index in [1.807, 2.05) is 0 Å². The number of carbonyl (C=O) groups is 1. The molecular formula is C11H15NO5S. The SMILES string of the molecule is CC(O)CNS(=O)(=O)Cc1ccc(C(=O)O)cc1. The van der Waals surface area contributed by atoms with Crippen molar-refractivity contribution >= 4 is 16.0 Å². The molecule has 1 rings (SSSR count). The van der Waals surface area contributed by atoms with Crippen molar-refractivity contribution < 1.29 is 23.4 Å². The molecule has 1 atom stereocenters. The van der Waals surface area contributed by atoms with E-state index >= 15 is 0 Å². The number of rotatable bonds is 6. The molecule has 0 aliphatic rings. The van der Waals surface area contributed by atoms with Gasteiger partial charge in [0.05, 0.1) is 17.4 Å². The molecule has 18 heavy (non-hydrogen) atoms. The van der Waals surface area contributed by atoms with Crippen molar-refractivity contribution in [3.05, 3.63) is 35.4 Å². The Morgan fingerprint density at radius 2 is 1.89 bits per heavy atom. The summed E-state index contributed by atoms with van der Waals surface area (Å²) in [5, 5.41) is 17.7. The first kappa shape index (κ1) is 14.6. The molecule has 0 heterocycles. The van der Waals surface area contributed by atoms with Gasteiger partial charge in [-0.3, -0.25) is 0 Å². The molecule has 3 N–H and O–H groups in total. The number of hydrogen-bond acceptors (Lipinski definition) is 4. The predicted octanol–water partition coefficient (Wildman–Crippen LogP) is 0.185. The predicted molar refractivity (Wildman–Crippen MR) is 65.7 cm³/mol. The second-order valence-electron chi connectivity index (χ2n) is 3.96. The third-order valence-corrected chi connectivity index (χ3v) is 3.48. The average Bonchev–Trinajstić information content (AvgIpc) is 2.27. The summed E-state index contributed by atoms with van der Waals surface area (Å²) < 4.78 is 25.4. The van der Waals surface area contributed by atoms with Crippen LogP contribution in [-0.4, -0.2) is 37.2 Å². The Morgan fingerprint density at radius 3 is 2.33 bits per heavy atom. The van der Waals surface area contributed by atoms with Gasteiger partial charge in [0.1, 0.15) is 0 Å². The van der Waals surface area contributed by atoms with Crippen LogP contribution in [0.1, 0.15) is 22.8 Å². The van der Waals surface area contributed by atoms with Crippen LogP contribution in [0.3, 0.4) is 0 Å². The van der Waals surface area contributed by atoms with Gasteiger partial charge in [0.25, 0.3) is 0 Å². The summed E-state index contributed by atoms with van der Waals surface area (Å²) in [6.45, 7) is 1.43. The number of aromatic carboxylic acids is 1. The van der Waals surface area contributed by atoms with Crippen LogP contribution in [0.15, 0.2) is 24.3 Å². The van der Waals surface area contributed by atoms with Crippen LogP contribution in [-0.2, 0) is 15.8 Å². The highest BCUT2D eigenvalue weighted by molar-refractivity contribution is 7.88. The fraction of sp³-hybridized carbons (Fsp3) is 0.364. The summed E-state index contributed by atoms with van der Waals surface area (Å²) in [4.78, 5) is 10.6. The molecule has 1 aromatic rings. The largest absolute Gasteiger partial charge is 0.478 e. The van der Waals surface area contributed by atoms with Crippen LogP contribution >= 0.6 is 0 Å². The number of aliphatic hydroxyl groups is 1. The minimum atomic E-state index is -3.52. The number of benzene rings is 1. The van der Waals surface area contributed by atoms with Gasteiger partial charge in [0, 0.05) is 6.54 Å². The maximum absolute atomic E-state index is 11.6. The first-order valence-electron chi connectivity index (χ1n) is 5.28. The molecule has 0 saturated heterocycles. The molecule has 0 bridgehead atoms. The summed E-state index contributed by atoms with van der Waals surface area (Å²) >= 11 is 0. The lowest BCUT2D eigenvalue weighted by atomic mass is 10.1. The van der Waals surface area contributed by atoms with Crippen molar-refractivity contribution in [3.8, 4) is 0 Å². The zero-order valence-corrected chi connectivity index (χ0v) is 10.6. The number of nitrogens with one attached hydrogen (secondary N) is 1. The Labute approximate surface area is 105 Å². The third kappa shape index (κ3) is 4.82.